The molecule has 0 aromatic carbocycles. The van der Waals surface area contributed by atoms with Gasteiger partial charge in [-0.3, -0.25) is 4.99 Å². The van der Waals surface area contributed by atoms with Gasteiger partial charge in [0, 0.05) is 17.9 Å². The molecule has 100 valence electrons. The van der Waals surface area contributed by atoms with E-state index in [1.54, 1.807) is 0 Å². The van der Waals surface area contributed by atoms with Crippen LogP contribution in [0.4, 0.5) is 0 Å². The van der Waals surface area contributed by atoms with Crippen LogP contribution in [0.25, 0.3) is 0 Å². The lowest BCUT2D eigenvalue weighted by molar-refractivity contribution is 0.443. The summed E-state index contributed by atoms with van der Waals surface area (Å²) in [5, 5.41) is 0. The SMILES string of the molecule is CC(CP(C(C)C)C(C)C)=NC1CCCCC1. The fourth-order valence-corrected chi connectivity index (χ4v) is 5.32. The Morgan fingerprint density at radius 1 is 1.06 bits per heavy atom. The van der Waals surface area contributed by atoms with Crippen molar-refractivity contribution in [2.75, 3.05) is 6.16 Å². The normalized spacial score (nSPS) is 19.6. The molecule has 17 heavy (non-hydrogen) atoms. The van der Waals surface area contributed by atoms with E-state index >= 15 is 0 Å². The smallest absolute Gasteiger partial charge is 0.0499 e. The molecule has 0 radical (unpaired) electrons. The van der Waals surface area contributed by atoms with E-state index in [0.29, 0.717) is 6.04 Å². The van der Waals surface area contributed by atoms with E-state index in [9.17, 15) is 0 Å². The van der Waals surface area contributed by atoms with Crippen molar-refractivity contribution in [2.24, 2.45) is 4.99 Å². The van der Waals surface area contributed by atoms with Crippen molar-refractivity contribution in [1.82, 2.24) is 0 Å². The van der Waals surface area contributed by atoms with Gasteiger partial charge in [-0.2, -0.15) is 0 Å². The van der Waals surface area contributed by atoms with Crippen molar-refractivity contribution in [3.63, 3.8) is 0 Å². The Hall–Kier alpha value is 0.100. The first kappa shape index (κ1) is 15.2. The molecule has 0 aromatic rings. The van der Waals surface area contributed by atoms with Gasteiger partial charge in [0.15, 0.2) is 0 Å². The zero-order chi connectivity index (χ0) is 12.8. The minimum absolute atomic E-state index is 0.124. The summed E-state index contributed by atoms with van der Waals surface area (Å²) in [6, 6.07) is 0.653. The Kier molecular flexibility index (Phi) is 6.70. The highest BCUT2D eigenvalue weighted by Gasteiger charge is 2.18. The van der Waals surface area contributed by atoms with Crippen LogP contribution in [0.1, 0.15) is 66.7 Å². The first-order valence-corrected chi connectivity index (χ1v) is 8.96. The van der Waals surface area contributed by atoms with Gasteiger partial charge in [0.05, 0.1) is 0 Å². The number of aliphatic imine (C=N–C) groups is 1. The zero-order valence-electron chi connectivity index (χ0n) is 12.4. The third kappa shape index (κ3) is 5.51. The summed E-state index contributed by atoms with van der Waals surface area (Å²) >= 11 is 0. The van der Waals surface area contributed by atoms with Gasteiger partial charge in [-0.1, -0.05) is 54.9 Å². The van der Waals surface area contributed by atoms with Crippen molar-refractivity contribution < 1.29 is 0 Å². The number of hydrogen-bond acceptors (Lipinski definition) is 1. The monoisotopic (exact) mass is 255 g/mol. The molecule has 0 spiro atoms. The van der Waals surface area contributed by atoms with Crippen molar-refractivity contribution in [2.45, 2.75) is 84.1 Å². The van der Waals surface area contributed by atoms with Crippen LogP contribution in [-0.4, -0.2) is 29.2 Å². The molecule has 1 aliphatic carbocycles. The van der Waals surface area contributed by atoms with E-state index in [-0.39, 0.29) is 7.92 Å². The molecule has 2 heteroatoms. The van der Waals surface area contributed by atoms with Crippen molar-refractivity contribution in [3.8, 4) is 0 Å². The molecule has 1 fully saturated rings. The molecule has 0 saturated heterocycles. The lowest BCUT2D eigenvalue weighted by Crippen LogP contribution is -2.16. The van der Waals surface area contributed by atoms with Crippen LogP contribution in [0.2, 0.25) is 0 Å². The third-order valence-corrected chi connectivity index (χ3v) is 7.19. The van der Waals surface area contributed by atoms with Crippen LogP contribution in [0.15, 0.2) is 4.99 Å². The molecule has 0 bridgehead atoms. The van der Waals surface area contributed by atoms with E-state index in [1.807, 2.05) is 0 Å². The lowest BCUT2D eigenvalue weighted by atomic mass is 9.96. The molecule has 1 aliphatic rings. The van der Waals surface area contributed by atoms with Crippen LogP contribution >= 0.6 is 7.92 Å². The maximum absolute atomic E-state index is 4.97. The molecule has 0 atom stereocenters. The van der Waals surface area contributed by atoms with Crippen LogP contribution < -0.4 is 0 Å². The summed E-state index contributed by atoms with van der Waals surface area (Å²) in [4.78, 5) is 4.97. The second-order valence-electron chi connectivity index (χ2n) is 6.02. The van der Waals surface area contributed by atoms with Gasteiger partial charge in [-0.05, 0) is 31.1 Å². The van der Waals surface area contributed by atoms with Crippen molar-refractivity contribution in [1.29, 1.82) is 0 Å². The first-order chi connectivity index (χ1) is 8.00. The second kappa shape index (κ2) is 7.52. The number of nitrogens with zero attached hydrogens (tertiary/aromatic N) is 1. The summed E-state index contributed by atoms with van der Waals surface area (Å²) in [5.74, 6) is 0. The Morgan fingerprint density at radius 3 is 2.06 bits per heavy atom. The van der Waals surface area contributed by atoms with Gasteiger partial charge in [-0.25, -0.2) is 0 Å². The van der Waals surface area contributed by atoms with E-state index < -0.39 is 0 Å². The minimum atomic E-state index is 0.124. The van der Waals surface area contributed by atoms with Crippen LogP contribution in [-0.2, 0) is 0 Å². The molecule has 1 saturated carbocycles. The van der Waals surface area contributed by atoms with Crippen LogP contribution in [0, 0.1) is 0 Å². The lowest BCUT2D eigenvalue weighted by Gasteiger charge is -2.26. The molecule has 0 N–H and O–H groups in total. The van der Waals surface area contributed by atoms with Gasteiger partial charge in [0.25, 0.3) is 0 Å². The van der Waals surface area contributed by atoms with E-state index in [1.165, 1.54) is 44.0 Å². The van der Waals surface area contributed by atoms with Crippen LogP contribution in [0.5, 0.6) is 0 Å². The first-order valence-electron chi connectivity index (χ1n) is 7.29. The predicted molar refractivity (Wildman–Crippen MR) is 82.0 cm³/mol. The Bertz CT molecular complexity index is 231. The van der Waals surface area contributed by atoms with Gasteiger partial charge in [0.1, 0.15) is 0 Å². The summed E-state index contributed by atoms with van der Waals surface area (Å²) in [6.07, 6.45) is 8.14. The zero-order valence-corrected chi connectivity index (χ0v) is 13.3. The second-order valence-corrected chi connectivity index (χ2v) is 9.43. The fraction of sp³-hybridized carbons (Fsp3) is 0.933. The minimum Gasteiger partial charge on any atom is -0.291 e. The van der Waals surface area contributed by atoms with Crippen molar-refractivity contribution in [3.05, 3.63) is 0 Å². The maximum atomic E-state index is 4.97. The van der Waals surface area contributed by atoms with E-state index in [4.69, 9.17) is 4.99 Å². The molecule has 1 rings (SSSR count). The van der Waals surface area contributed by atoms with Gasteiger partial charge in [0.2, 0.25) is 0 Å². The van der Waals surface area contributed by atoms with Crippen LogP contribution in [0.3, 0.4) is 0 Å². The van der Waals surface area contributed by atoms with Crippen molar-refractivity contribution >= 4 is 13.6 Å². The average molecular weight is 255 g/mol. The third-order valence-electron chi connectivity index (χ3n) is 3.72. The van der Waals surface area contributed by atoms with Gasteiger partial charge >= 0.3 is 0 Å². The molecular weight excluding hydrogens is 225 g/mol. The topological polar surface area (TPSA) is 12.4 Å². The molecule has 0 heterocycles. The standard InChI is InChI=1S/C15H30NP/c1-12(2)17(13(3)4)11-14(5)16-15-9-7-6-8-10-15/h12-13,15H,6-11H2,1-5H3. The van der Waals surface area contributed by atoms with Gasteiger partial charge < -0.3 is 0 Å². The van der Waals surface area contributed by atoms with Gasteiger partial charge in [-0.15, -0.1) is 0 Å². The molecule has 0 amide bonds. The maximum Gasteiger partial charge on any atom is 0.0499 e. The summed E-state index contributed by atoms with van der Waals surface area (Å²) in [7, 11) is 0.124. The average Bonchev–Trinajstić information content (AvgIpc) is 2.26. The summed E-state index contributed by atoms with van der Waals surface area (Å²) in [6.45, 7) is 11.8. The predicted octanol–water partition coefficient (Wildman–Crippen LogP) is 5.08. The highest BCUT2D eigenvalue weighted by Crippen LogP contribution is 2.45. The fourth-order valence-electron chi connectivity index (χ4n) is 2.79. The summed E-state index contributed by atoms with van der Waals surface area (Å²) in [5.41, 5.74) is 3.09. The molecular formula is C15H30NP. The molecule has 1 nitrogen and oxygen atoms in total. The summed E-state index contributed by atoms with van der Waals surface area (Å²) < 4.78 is 0. The highest BCUT2D eigenvalue weighted by atomic mass is 31.1. The largest absolute Gasteiger partial charge is 0.291 e. The molecule has 0 unspecified atom stereocenters. The molecule has 0 aromatic heterocycles. The number of hydrogen-bond donors (Lipinski definition) is 0. The van der Waals surface area contributed by atoms with E-state index in [2.05, 4.69) is 34.6 Å². The molecule has 0 aliphatic heterocycles. The van der Waals surface area contributed by atoms with E-state index in [0.717, 1.165) is 11.3 Å². The Morgan fingerprint density at radius 2 is 1.59 bits per heavy atom. The number of rotatable bonds is 5. The Labute approximate surface area is 109 Å². The Balaban J connectivity index is 2.50. The quantitative estimate of drug-likeness (QED) is 0.480. The highest BCUT2D eigenvalue weighted by molar-refractivity contribution is 7.60.